The highest BCUT2D eigenvalue weighted by Gasteiger charge is 2.25. The number of rotatable bonds is 4. The van der Waals surface area contributed by atoms with Crippen molar-refractivity contribution in [2.24, 2.45) is 0 Å². The van der Waals surface area contributed by atoms with Gasteiger partial charge in [0.25, 0.3) is 5.91 Å². The molecule has 142 valence electrons. The molecule has 0 atom stereocenters. The van der Waals surface area contributed by atoms with Crippen LogP contribution in [-0.2, 0) is 6.54 Å². The number of carbonyl (C=O) groups is 1. The van der Waals surface area contributed by atoms with E-state index in [1.807, 2.05) is 42.5 Å². The van der Waals surface area contributed by atoms with Gasteiger partial charge in [-0.05, 0) is 42.5 Å². The van der Waals surface area contributed by atoms with Gasteiger partial charge in [-0.3, -0.25) is 14.7 Å². The molecular weight excluding hydrogens is 407 g/mol. The standard InChI is InChI=1S/C21H13FN4OS2/c22-13-8-9-16-18(11-13)29-21(25-16)26(12-14-5-3-4-10-23-14)20(27)19-24-15-6-1-2-7-17(15)28-19/h1-11H,12H2. The lowest BCUT2D eigenvalue weighted by Crippen LogP contribution is -2.30. The monoisotopic (exact) mass is 420 g/mol. The van der Waals surface area contributed by atoms with Crippen molar-refractivity contribution in [3.63, 3.8) is 0 Å². The van der Waals surface area contributed by atoms with E-state index in [1.165, 1.54) is 34.8 Å². The molecule has 2 aromatic carbocycles. The molecule has 0 fully saturated rings. The maximum Gasteiger partial charge on any atom is 0.289 e. The number of carbonyl (C=O) groups excluding carboxylic acids is 1. The van der Waals surface area contributed by atoms with E-state index >= 15 is 0 Å². The molecule has 3 heterocycles. The molecule has 0 bridgehead atoms. The van der Waals surface area contributed by atoms with Gasteiger partial charge in [-0.25, -0.2) is 14.4 Å². The fourth-order valence-electron chi connectivity index (χ4n) is 2.96. The first-order chi connectivity index (χ1) is 14.2. The highest BCUT2D eigenvalue weighted by atomic mass is 32.1. The van der Waals surface area contributed by atoms with Crippen molar-refractivity contribution in [2.45, 2.75) is 6.54 Å². The highest BCUT2D eigenvalue weighted by Crippen LogP contribution is 2.32. The van der Waals surface area contributed by atoms with Gasteiger partial charge in [0.05, 0.1) is 32.7 Å². The van der Waals surface area contributed by atoms with Gasteiger partial charge in [0.1, 0.15) is 5.82 Å². The summed E-state index contributed by atoms with van der Waals surface area (Å²) in [7, 11) is 0. The maximum absolute atomic E-state index is 13.6. The van der Waals surface area contributed by atoms with Crippen LogP contribution in [0.25, 0.3) is 20.4 Å². The Balaban J connectivity index is 1.59. The first kappa shape index (κ1) is 17.8. The molecule has 5 aromatic rings. The quantitative estimate of drug-likeness (QED) is 0.397. The summed E-state index contributed by atoms with van der Waals surface area (Å²) in [5.74, 6) is -0.585. The van der Waals surface area contributed by atoms with Crippen molar-refractivity contribution in [2.75, 3.05) is 4.90 Å². The van der Waals surface area contributed by atoms with E-state index in [9.17, 15) is 9.18 Å². The zero-order chi connectivity index (χ0) is 19.8. The Hall–Kier alpha value is -3.23. The van der Waals surface area contributed by atoms with Crippen LogP contribution in [0.1, 0.15) is 15.5 Å². The first-order valence-corrected chi connectivity index (χ1v) is 10.4. The van der Waals surface area contributed by atoms with Gasteiger partial charge >= 0.3 is 0 Å². The van der Waals surface area contributed by atoms with Crippen molar-refractivity contribution in [1.29, 1.82) is 0 Å². The van der Waals surface area contributed by atoms with Gasteiger partial charge in [-0.15, -0.1) is 11.3 Å². The number of benzene rings is 2. The number of thiazole rings is 2. The average molecular weight is 420 g/mol. The lowest BCUT2D eigenvalue weighted by atomic mass is 10.3. The third-order valence-electron chi connectivity index (χ3n) is 4.34. The second-order valence-corrected chi connectivity index (χ2v) is 8.35. The Morgan fingerprint density at radius 3 is 2.59 bits per heavy atom. The number of halogens is 1. The summed E-state index contributed by atoms with van der Waals surface area (Å²) in [5.41, 5.74) is 2.16. The smallest absolute Gasteiger partial charge is 0.276 e. The second kappa shape index (κ2) is 7.31. The third kappa shape index (κ3) is 3.48. The number of pyridine rings is 1. The normalized spacial score (nSPS) is 11.2. The zero-order valence-corrected chi connectivity index (χ0v) is 16.6. The summed E-state index contributed by atoms with van der Waals surface area (Å²) in [6.45, 7) is 0.248. The van der Waals surface area contributed by atoms with Crippen LogP contribution in [0.5, 0.6) is 0 Å². The average Bonchev–Trinajstić information content (AvgIpc) is 3.36. The van der Waals surface area contributed by atoms with Crippen molar-refractivity contribution in [3.8, 4) is 0 Å². The van der Waals surface area contributed by atoms with E-state index in [2.05, 4.69) is 15.0 Å². The fourth-order valence-corrected chi connectivity index (χ4v) is 4.86. The Labute approximate surface area is 173 Å². The number of anilines is 1. The number of para-hydroxylation sites is 1. The van der Waals surface area contributed by atoms with E-state index in [-0.39, 0.29) is 18.3 Å². The van der Waals surface area contributed by atoms with E-state index in [4.69, 9.17) is 0 Å². The third-order valence-corrected chi connectivity index (χ3v) is 6.40. The maximum atomic E-state index is 13.6. The molecule has 8 heteroatoms. The zero-order valence-electron chi connectivity index (χ0n) is 14.9. The Morgan fingerprint density at radius 1 is 0.931 bits per heavy atom. The molecule has 0 aliphatic heterocycles. The number of hydrogen-bond acceptors (Lipinski definition) is 6. The first-order valence-electron chi connectivity index (χ1n) is 8.81. The number of aromatic nitrogens is 3. The molecule has 0 aliphatic rings. The van der Waals surface area contributed by atoms with E-state index in [1.54, 1.807) is 17.2 Å². The van der Waals surface area contributed by atoms with Crippen LogP contribution in [-0.4, -0.2) is 20.9 Å². The Bertz CT molecular complexity index is 1300. The molecule has 29 heavy (non-hydrogen) atoms. The molecule has 5 nitrogen and oxygen atoms in total. The van der Waals surface area contributed by atoms with E-state index in [0.717, 1.165) is 15.9 Å². The van der Waals surface area contributed by atoms with Gasteiger partial charge in [-0.2, -0.15) is 0 Å². The lowest BCUT2D eigenvalue weighted by molar-refractivity contribution is 0.0984. The minimum Gasteiger partial charge on any atom is -0.276 e. The van der Waals surface area contributed by atoms with Crippen LogP contribution < -0.4 is 4.90 Å². The van der Waals surface area contributed by atoms with Crippen LogP contribution >= 0.6 is 22.7 Å². The minimum atomic E-state index is -0.332. The van der Waals surface area contributed by atoms with Crippen molar-refractivity contribution in [3.05, 3.63) is 83.4 Å². The van der Waals surface area contributed by atoms with Crippen LogP contribution in [0.15, 0.2) is 66.9 Å². The van der Waals surface area contributed by atoms with E-state index < -0.39 is 0 Å². The number of nitrogens with zero attached hydrogens (tertiary/aromatic N) is 4. The molecule has 5 rings (SSSR count). The molecule has 0 spiro atoms. The second-order valence-electron chi connectivity index (χ2n) is 6.31. The van der Waals surface area contributed by atoms with Crippen molar-refractivity contribution in [1.82, 2.24) is 15.0 Å². The predicted octanol–water partition coefficient (Wildman–Crippen LogP) is 5.29. The van der Waals surface area contributed by atoms with Gasteiger partial charge in [0, 0.05) is 6.20 Å². The molecule has 0 unspecified atom stereocenters. The summed E-state index contributed by atoms with van der Waals surface area (Å²) >= 11 is 2.61. The molecule has 3 aromatic heterocycles. The molecular formula is C21H13FN4OS2. The van der Waals surface area contributed by atoms with Crippen LogP contribution in [0.3, 0.4) is 0 Å². The minimum absolute atomic E-state index is 0.248. The topological polar surface area (TPSA) is 59.0 Å². The van der Waals surface area contributed by atoms with Crippen molar-refractivity contribution < 1.29 is 9.18 Å². The molecule has 1 amide bonds. The summed E-state index contributed by atoms with van der Waals surface area (Å²) in [6.07, 6.45) is 1.68. The Morgan fingerprint density at radius 2 is 1.76 bits per heavy atom. The van der Waals surface area contributed by atoms with Crippen LogP contribution in [0.4, 0.5) is 9.52 Å². The summed E-state index contributed by atoms with van der Waals surface area (Å²) < 4.78 is 15.2. The largest absolute Gasteiger partial charge is 0.289 e. The van der Waals surface area contributed by atoms with Gasteiger partial charge in [0.15, 0.2) is 10.1 Å². The molecule has 0 saturated carbocycles. The van der Waals surface area contributed by atoms with Crippen LogP contribution in [0.2, 0.25) is 0 Å². The molecule has 0 aliphatic carbocycles. The SMILES string of the molecule is O=C(c1nc2ccccc2s1)N(Cc1ccccn1)c1nc2ccc(F)cc2s1. The van der Waals surface area contributed by atoms with Gasteiger partial charge in [0.2, 0.25) is 0 Å². The Kier molecular flexibility index (Phi) is 4.49. The highest BCUT2D eigenvalue weighted by molar-refractivity contribution is 7.22. The predicted molar refractivity (Wildman–Crippen MR) is 114 cm³/mol. The summed E-state index contributed by atoms with van der Waals surface area (Å²) in [5, 5.41) is 0.869. The number of amides is 1. The van der Waals surface area contributed by atoms with Crippen LogP contribution in [0, 0.1) is 5.82 Å². The van der Waals surface area contributed by atoms with Gasteiger partial charge in [-0.1, -0.05) is 29.5 Å². The molecule has 0 saturated heterocycles. The fraction of sp³-hybridized carbons (Fsp3) is 0.0476. The van der Waals surface area contributed by atoms with Gasteiger partial charge < -0.3 is 0 Å². The number of fused-ring (bicyclic) bond motifs is 2. The van der Waals surface area contributed by atoms with Crippen molar-refractivity contribution >= 4 is 54.1 Å². The van der Waals surface area contributed by atoms with E-state index in [0.29, 0.717) is 20.4 Å². The lowest BCUT2D eigenvalue weighted by Gasteiger charge is -2.18. The summed E-state index contributed by atoms with van der Waals surface area (Å²) in [4.78, 5) is 28.3. The molecule has 0 radical (unpaired) electrons. The number of hydrogen-bond donors (Lipinski definition) is 0. The molecule has 0 N–H and O–H groups in total. The summed E-state index contributed by atoms with van der Waals surface area (Å²) in [6, 6.07) is 17.6.